The molecule has 0 amide bonds. The molecule has 120 valence electrons. The summed E-state index contributed by atoms with van der Waals surface area (Å²) in [7, 11) is 1.86. The molecule has 5 heteroatoms. The van der Waals surface area contributed by atoms with E-state index in [1.54, 1.807) is 0 Å². The topological polar surface area (TPSA) is 52.6 Å². The molecule has 0 fully saturated rings. The van der Waals surface area contributed by atoms with Crippen LogP contribution in [0.3, 0.4) is 0 Å². The van der Waals surface area contributed by atoms with E-state index in [1.807, 2.05) is 42.3 Å². The van der Waals surface area contributed by atoms with Crippen molar-refractivity contribution in [3.8, 4) is 0 Å². The van der Waals surface area contributed by atoms with Gasteiger partial charge in [-0.1, -0.05) is 35.9 Å². The number of rotatable bonds is 4. The highest BCUT2D eigenvalue weighted by Gasteiger charge is 2.31. The second kappa shape index (κ2) is 6.60. The molecule has 0 aliphatic carbocycles. The van der Waals surface area contributed by atoms with Gasteiger partial charge in [-0.05, 0) is 41.3 Å². The van der Waals surface area contributed by atoms with Gasteiger partial charge in [0.15, 0.2) is 0 Å². The van der Waals surface area contributed by atoms with E-state index >= 15 is 0 Å². The highest BCUT2D eigenvalue weighted by Crippen LogP contribution is 2.39. The molecule has 0 aromatic heterocycles. The highest BCUT2D eigenvalue weighted by atomic mass is 35.5. The lowest BCUT2D eigenvalue weighted by molar-refractivity contribution is -0.138. The number of halogens is 1. The van der Waals surface area contributed by atoms with E-state index in [0.29, 0.717) is 11.6 Å². The maximum Gasteiger partial charge on any atom is 0.317 e. The molecule has 1 aliphatic heterocycles. The molecular weight excluding hydrogens is 312 g/mol. The lowest BCUT2D eigenvalue weighted by atomic mass is 9.87. The van der Waals surface area contributed by atoms with Crippen LogP contribution in [0.25, 0.3) is 0 Å². The van der Waals surface area contributed by atoms with Crippen LogP contribution >= 0.6 is 11.6 Å². The largest absolute Gasteiger partial charge is 0.480 e. The van der Waals surface area contributed by atoms with Gasteiger partial charge in [0.1, 0.15) is 0 Å². The van der Waals surface area contributed by atoms with Crippen molar-refractivity contribution in [3.63, 3.8) is 0 Å². The number of carboxylic acid groups (broad SMARTS) is 1. The van der Waals surface area contributed by atoms with Crippen molar-refractivity contribution >= 4 is 23.3 Å². The molecule has 0 spiro atoms. The van der Waals surface area contributed by atoms with Crippen molar-refractivity contribution in [2.75, 3.05) is 25.5 Å². The molecule has 2 N–H and O–H groups in total. The monoisotopic (exact) mass is 330 g/mol. The summed E-state index contributed by atoms with van der Waals surface area (Å²) in [5.74, 6) is -0.817. The summed E-state index contributed by atoms with van der Waals surface area (Å²) in [4.78, 5) is 13.3. The summed E-state index contributed by atoms with van der Waals surface area (Å²) >= 11 is 6.21. The van der Waals surface area contributed by atoms with Gasteiger partial charge in [-0.25, -0.2) is 0 Å². The first-order valence-corrected chi connectivity index (χ1v) is 7.99. The van der Waals surface area contributed by atoms with Crippen LogP contribution in [-0.4, -0.2) is 36.1 Å². The average molecular weight is 331 g/mol. The van der Waals surface area contributed by atoms with E-state index in [0.717, 1.165) is 23.2 Å². The number of benzene rings is 2. The van der Waals surface area contributed by atoms with Gasteiger partial charge in [0.25, 0.3) is 0 Å². The number of carbonyl (C=O) groups is 1. The van der Waals surface area contributed by atoms with Crippen LogP contribution in [0.15, 0.2) is 42.5 Å². The summed E-state index contributed by atoms with van der Waals surface area (Å²) < 4.78 is 0. The first kappa shape index (κ1) is 15.8. The van der Waals surface area contributed by atoms with Crippen molar-refractivity contribution in [2.45, 2.75) is 12.5 Å². The Kier molecular flexibility index (Phi) is 4.55. The zero-order valence-corrected chi connectivity index (χ0v) is 13.7. The Bertz CT molecular complexity index is 733. The van der Waals surface area contributed by atoms with Crippen LogP contribution in [0.5, 0.6) is 0 Å². The fourth-order valence-electron chi connectivity index (χ4n) is 3.31. The minimum Gasteiger partial charge on any atom is -0.480 e. The Balaban J connectivity index is 2.14. The van der Waals surface area contributed by atoms with Gasteiger partial charge in [0, 0.05) is 24.3 Å². The SMILES string of the molecule is CNc1ccc(Cl)cc1C1c2ccccc2CCN1CC(=O)O. The highest BCUT2D eigenvalue weighted by molar-refractivity contribution is 6.30. The number of nitrogens with zero attached hydrogens (tertiary/aromatic N) is 1. The van der Waals surface area contributed by atoms with Crippen LogP contribution in [0.4, 0.5) is 5.69 Å². The van der Waals surface area contributed by atoms with E-state index in [9.17, 15) is 9.90 Å². The van der Waals surface area contributed by atoms with E-state index in [4.69, 9.17) is 11.6 Å². The number of aliphatic carboxylic acids is 1. The fraction of sp³-hybridized carbons (Fsp3) is 0.278. The maximum atomic E-state index is 11.3. The van der Waals surface area contributed by atoms with Gasteiger partial charge in [-0.2, -0.15) is 0 Å². The predicted molar refractivity (Wildman–Crippen MR) is 92.2 cm³/mol. The first-order valence-electron chi connectivity index (χ1n) is 7.61. The Morgan fingerprint density at radius 2 is 2.09 bits per heavy atom. The van der Waals surface area contributed by atoms with E-state index in [-0.39, 0.29) is 12.6 Å². The van der Waals surface area contributed by atoms with Gasteiger partial charge < -0.3 is 10.4 Å². The van der Waals surface area contributed by atoms with Crippen LogP contribution in [-0.2, 0) is 11.2 Å². The van der Waals surface area contributed by atoms with Crippen molar-refractivity contribution in [1.82, 2.24) is 4.90 Å². The van der Waals surface area contributed by atoms with Crippen molar-refractivity contribution in [2.24, 2.45) is 0 Å². The zero-order valence-electron chi connectivity index (χ0n) is 12.9. The number of fused-ring (bicyclic) bond motifs is 1. The Labute approximate surface area is 140 Å². The lowest BCUT2D eigenvalue weighted by Crippen LogP contribution is -2.39. The van der Waals surface area contributed by atoms with Crippen LogP contribution in [0.1, 0.15) is 22.7 Å². The Morgan fingerprint density at radius 1 is 1.30 bits per heavy atom. The zero-order chi connectivity index (χ0) is 16.4. The number of carboxylic acids is 1. The maximum absolute atomic E-state index is 11.3. The molecule has 0 bridgehead atoms. The predicted octanol–water partition coefficient (Wildman–Crippen LogP) is 3.41. The van der Waals surface area contributed by atoms with E-state index in [2.05, 4.69) is 17.4 Å². The molecule has 1 atom stereocenters. The number of hydrogen-bond acceptors (Lipinski definition) is 3. The summed E-state index contributed by atoms with van der Waals surface area (Å²) in [5.41, 5.74) is 4.39. The summed E-state index contributed by atoms with van der Waals surface area (Å²) in [6.07, 6.45) is 0.857. The molecule has 0 saturated heterocycles. The second-order valence-corrected chi connectivity index (χ2v) is 6.13. The second-order valence-electron chi connectivity index (χ2n) is 5.70. The smallest absolute Gasteiger partial charge is 0.317 e. The third kappa shape index (κ3) is 3.19. The lowest BCUT2D eigenvalue weighted by Gasteiger charge is -2.37. The minimum atomic E-state index is -0.817. The minimum absolute atomic E-state index is 0.00860. The molecular formula is C18H19ClN2O2. The van der Waals surface area contributed by atoms with Gasteiger partial charge in [-0.3, -0.25) is 9.69 Å². The Hall–Kier alpha value is -2.04. The standard InChI is InChI=1S/C18H19ClN2O2/c1-20-16-7-6-13(19)10-15(16)18-14-5-3-2-4-12(14)8-9-21(18)11-17(22)23/h2-7,10,18,20H,8-9,11H2,1H3,(H,22,23). The molecule has 1 unspecified atom stereocenters. The molecule has 1 aliphatic rings. The van der Waals surface area contributed by atoms with Gasteiger partial charge in [0.05, 0.1) is 12.6 Å². The number of hydrogen-bond donors (Lipinski definition) is 2. The van der Waals surface area contributed by atoms with Gasteiger partial charge >= 0.3 is 5.97 Å². The van der Waals surface area contributed by atoms with Gasteiger partial charge in [-0.15, -0.1) is 0 Å². The van der Waals surface area contributed by atoms with Crippen LogP contribution in [0, 0.1) is 0 Å². The van der Waals surface area contributed by atoms with E-state index in [1.165, 1.54) is 5.56 Å². The molecule has 0 saturated carbocycles. The third-order valence-electron chi connectivity index (χ3n) is 4.30. The molecule has 1 heterocycles. The van der Waals surface area contributed by atoms with Gasteiger partial charge in [0.2, 0.25) is 0 Å². The van der Waals surface area contributed by atoms with Crippen molar-refractivity contribution < 1.29 is 9.90 Å². The van der Waals surface area contributed by atoms with E-state index < -0.39 is 5.97 Å². The molecule has 23 heavy (non-hydrogen) atoms. The number of nitrogens with one attached hydrogen (secondary N) is 1. The van der Waals surface area contributed by atoms with Crippen LogP contribution in [0.2, 0.25) is 5.02 Å². The van der Waals surface area contributed by atoms with Crippen LogP contribution < -0.4 is 5.32 Å². The summed E-state index contributed by atoms with van der Waals surface area (Å²) in [6.45, 7) is 0.721. The molecule has 2 aromatic carbocycles. The summed E-state index contributed by atoms with van der Waals surface area (Å²) in [6, 6.07) is 13.8. The average Bonchev–Trinajstić information content (AvgIpc) is 2.54. The third-order valence-corrected chi connectivity index (χ3v) is 4.53. The quantitative estimate of drug-likeness (QED) is 0.902. The molecule has 0 radical (unpaired) electrons. The number of anilines is 1. The fourth-order valence-corrected chi connectivity index (χ4v) is 3.49. The first-order chi connectivity index (χ1) is 11.1. The molecule has 3 rings (SSSR count). The van der Waals surface area contributed by atoms with Crippen molar-refractivity contribution in [1.29, 1.82) is 0 Å². The van der Waals surface area contributed by atoms with Crippen molar-refractivity contribution in [3.05, 3.63) is 64.2 Å². The Morgan fingerprint density at radius 3 is 2.83 bits per heavy atom. The molecule has 2 aromatic rings. The summed E-state index contributed by atoms with van der Waals surface area (Å²) in [5, 5.41) is 13.1. The molecule has 4 nitrogen and oxygen atoms in total. The normalized spacial score (nSPS) is 17.6.